The Morgan fingerprint density at radius 3 is 3.06 bits per heavy atom. The number of carbonyl (C=O) groups excluding carboxylic acids is 1. The van der Waals surface area contributed by atoms with Gasteiger partial charge in [-0.2, -0.15) is 0 Å². The van der Waals surface area contributed by atoms with Gasteiger partial charge in [-0.1, -0.05) is 18.5 Å². The summed E-state index contributed by atoms with van der Waals surface area (Å²) in [5, 5.41) is 0.418. The summed E-state index contributed by atoms with van der Waals surface area (Å²) in [6, 6.07) is 4.99. The molecule has 0 saturated carbocycles. The number of benzene rings is 1. The fourth-order valence-corrected chi connectivity index (χ4v) is 2.17. The Balaban J connectivity index is 2.12. The van der Waals surface area contributed by atoms with Gasteiger partial charge >= 0.3 is 0 Å². The second-order valence-corrected chi connectivity index (χ2v) is 4.80. The van der Waals surface area contributed by atoms with E-state index in [2.05, 4.69) is 6.92 Å². The van der Waals surface area contributed by atoms with Gasteiger partial charge in [-0.15, -0.1) is 0 Å². The predicted molar refractivity (Wildman–Crippen MR) is 71.8 cm³/mol. The number of rotatable bonds is 2. The van der Waals surface area contributed by atoms with Gasteiger partial charge in [-0.05, 0) is 24.6 Å². The molecular weight excluding hydrogens is 252 g/mol. The molecule has 1 aromatic carbocycles. The van der Waals surface area contributed by atoms with E-state index in [1.165, 1.54) is 0 Å². The van der Waals surface area contributed by atoms with Crippen molar-refractivity contribution in [2.24, 2.45) is 0 Å². The number of amides is 1. The van der Waals surface area contributed by atoms with Crippen molar-refractivity contribution >= 4 is 23.2 Å². The van der Waals surface area contributed by atoms with Gasteiger partial charge in [0.25, 0.3) is 5.91 Å². The average molecular weight is 269 g/mol. The summed E-state index contributed by atoms with van der Waals surface area (Å²) in [5.74, 6) is -0.0151. The van der Waals surface area contributed by atoms with Crippen LogP contribution < -0.4 is 5.73 Å². The van der Waals surface area contributed by atoms with Crippen LogP contribution in [0.3, 0.4) is 0 Å². The summed E-state index contributed by atoms with van der Waals surface area (Å²) in [7, 11) is 0. The van der Waals surface area contributed by atoms with Crippen molar-refractivity contribution < 1.29 is 9.53 Å². The Labute approximate surface area is 112 Å². The zero-order valence-corrected chi connectivity index (χ0v) is 11.1. The monoisotopic (exact) mass is 268 g/mol. The molecule has 0 spiro atoms. The number of carbonyl (C=O) groups is 1. The molecular formula is C13H17ClN2O2. The van der Waals surface area contributed by atoms with Gasteiger partial charge in [0.05, 0.1) is 23.4 Å². The molecule has 0 aromatic heterocycles. The van der Waals surface area contributed by atoms with E-state index in [1.807, 2.05) is 0 Å². The van der Waals surface area contributed by atoms with E-state index in [0.717, 1.165) is 6.42 Å². The zero-order chi connectivity index (χ0) is 13.1. The first-order valence-electron chi connectivity index (χ1n) is 6.07. The number of hydrogen-bond acceptors (Lipinski definition) is 3. The third-order valence-electron chi connectivity index (χ3n) is 3.13. The molecule has 1 saturated heterocycles. The molecule has 0 radical (unpaired) electrons. The molecule has 4 nitrogen and oxygen atoms in total. The van der Waals surface area contributed by atoms with Crippen LogP contribution in [-0.4, -0.2) is 36.6 Å². The van der Waals surface area contributed by atoms with Crippen molar-refractivity contribution in [3.63, 3.8) is 0 Å². The maximum Gasteiger partial charge on any atom is 0.254 e. The van der Waals surface area contributed by atoms with Gasteiger partial charge in [-0.25, -0.2) is 0 Å². The number of nitrogens with zero attached hydrogens (tertiary/aromatic N) is 1. The highest BCUT2D eigenvalue weighted by Gasteiger charge is 2.24. The number of morpholine rings is 1. The molecule has 2 rings (SSSR count). The Morgan fingerprint density at radius 1 is 1.61 bits per heavy atom. The lowest BCUT2D eigenvalue weighted by molar-refractivity contribution is -0.0226. The van der Waals surface area contributed by atoms with Crippen molar-refractivity contribution in [2.45, 2.75) is 19.4 Å². The maximum atomic E-state index is 12.3. The van der Waals surface area contributed by atoms with Gasteiger partial charge in [0.2, 0.25) is 0 Å². The maximum absolute atomic E-state index is 12.3. The number of hydrogen-bond donors (Lipinski definition) is 1. The number of nitrogen functional groups attached to an aromatic ring is 1. The number of anilines is 1. The van der Waals surface area contributed by atoms with E-state index in [4.69, 9.17) is 22.1 Å². The van der Waals surface area contributed by atoms with Gasteiger partial charge in [-0.3, -0.25) is 4.79 Å². The first kappa shape index (κ1) is 13.2. The van der Waals surface area contributed by atoms with Crippen molar-refractivity contribution in [2.75, 3.05) is 25.4 Å². The Morgan fingerprint density at radius 2 is 2.39 bits per heavy atom. The van der Waals surface area contributed by atoms with Crippen LogP contribution in [0.5, 0.6) is 0 Å². The first-order valence-corrected chi connectivity index (χ1v) is 6.45. The molecule has 0 aliphatic carbocycles. The number of ether oxygens (including phenoxy) is 1. The van der Waals surface area contributed by atoms with Crippen molar-refractivity contribution in [3.8, 4) is 0 Å². The van der Waals surface area contributed by atoms with Crippen LogP contribution in [0.2, 0.25) is 5.02 Å². The molecule has 18 heavy (non-hydrogen) atoms. The molecule has 1 aliphatic heterocycles. The summed E-state index contributed by atoms with van der Waals surface area (Å²) >= 11 is 5.93. The lowest BCUT2D eigenvalue weighted by Crippen LogP contribution is -2.45. The Kier molecular flexibility index (Phi) is 4.09. The summed E-state index contributed by atoms with van der Waals surface area (Å²) < 4.78 is 5.55. The van der Waals surface area contributed by atoms with Crippen LogP contribution in [0.1, 0.15) is 23.7 Å². The highest BCUT2D eigenvalue weighted by molar-refractivity contribution is 6.33. The molecule has 5 heteroatoms. The van der Waals surface area contributed by atoms with Crippen LogP contribution in [0.25, 0.3) is 0 Å². The molecule has 1 unspecified atom stereocenters. The minimum absolute atomic E-state index is 0.0151. The minimum atomic E-state index is -0.0151. The van der Waals surface area contributed by atoms with Crippen LogP contribution >= 0.6 is 11.6 Å². The van der Waals surface area contributed by atoms with Crippen molar-refractivity contribution in [3.05, 3.63) is 28.8 Å². The van der Waals surface area contributed by atoms with E-state index >= 15 is 0 Å². The SMILES string of the molecule is CCC1CN(C(=O)c2ccc(N)c(Cl)c2)CCO1. The quantitative estimate of drug-likeness (QED) is 0.837. The highest BCUT2D eigenvalue weighted by atomic mass is 35.5. The fourth-order valence-electron chi connectivity index (χ4n) is 1.99. The van der Waals surface area contributed by atoms with E-state index in [0.29, 0.717) is 36.0 Å². The number of nitrogens with two attached hydrogens (primary N) is 1. The topological polar surface area (TPSA) is 55.6 Å². The average Bonchev–Trinajstić information content (AvgIpc) is 2.41. The smallest absolute Gasteiger partial charge is 0.254 e. The van der Waals surface area contributed by atoms with Crippen LogP contribution in [0.4, 0.5) is 5.69 Å². The molecule has 1 heterocycles. The summed E-state index contributed by atoms with van der Waals surface area (Å²) in [5.41, 5.74) is 6.70. The minimum Gasteiger partial charge on any atom is -0.398 e. The van der Waals surface area contributed by atoms with Gasteiger partial charge in [0.1, 0.15) is 0 Å². The first-order chi connectivity index (χ1) is 8.61. The Bertz CT molecular complexity index is 451. The molecule has 98 valence electrons. The Hall–Kier alpha value is -1.26. The third-order valence-corrected chi connectivity index (χ3v) is 3.46. The molecule has 1 aromatic rings. The van der Waals surface area contributed by atoms with Crippen LogP contribution in [0.15, 0.2) is 18.2 Å². The molecule has 0 bridgehead atoms. The van der Waals surface area contributed by atoms with E-state index in [1.54, 1.807) is 23.1 Å². The van der Waals surface area contributed by atoms with Crippen molar-refractivity contribution in [1.29, 1.82) is 0 Å². The highest BCUT2D eigenvalue weighted by Crippen LogP contribution is 2.21. The van der Waals surface area contributed by atoms with Gasteiger partial charge in [0.15, 0.2) is 0 Å². The molecule has 1 aliphatic rings. The summed E-state index contributed by atoms with van der Waals surface area (Å²) in [6.07, 6.45) is 1.04. The lowest BCUT2D eigenvalue weighted by Gasteiger charge is -2.32. The fraction of sp³-hybridized carbons (Fsp3) is 0.462. The number of halogens is 1. The van der Waals surface area contributed by atoms with Gasteiger partial charge < -0.3 is 15.4 Å². The van der Waals surface area contributed by atoms with E-state index < -0.39 is 0 Å². The van der Waals surface area contributed by atoms with Crippen LogP contribution in [-0.2, 0) is 4.74 Å². The largest absolute Gasteiger partial charge is 0.398 e. The molecule has 2 N–H and O–H groups in total. The van der Waals surface area contributed by atoms with Gasteiger partial charge in [0, 0.05) is 18.7 Å². The van der Waals surface area contributed by atoms with E-state index in [-0.39, 0.29) is 12.0 Å². The normalized spacial score (nSPS) is 19.9. The van der Waals surface area contributed by atoms with Crippen LogP contribution in [0, 0.1) is 0 Å². The summed E-state index contributed by atoms with van der Waals surface area (Å²) in [6.45, 7) is 3.90. The molecule has 1 fully saturated rings. The second-order valence-electron chi connectivity index (χ2n) is 4.39. The third kappa shape index (κ3) is 2.76. The van der Waals surface area contributed by atoms with Crippen molar-refractivity contribution in [1.82, 2.24) is 4.90 Å². The summed E-state index contributed by atoms with van der Waals surface area (Å²) in [4.78, 5) is 14.1. The predicted octanol–water partition coefficient (Wildman–Crippen LogP) is 2.17. The standard InChI is InChI=1S/C13H17ClN2O2/c1-2-10-8-16(5-6-18-10)13(17)9-3-4-12(15)11(14)7-9/h3-4,7,10H,2,5-6,8,15H2,1H3. The molecule has 1 atom stereocenters. The lowest BCUT2D eigenvalue weighted by atomic mass is 10.1. The zero-order valence-electron chi connectivity index (χ0n) is 10.4. The molecule has 1 amide bonds. The second kappa shape index (κ2) is 5.59. The van der Waals surface area contributed by atoms with E-state index in [9.17, 15) is 4.79 Å².